The van der Waals surface area contributed by atoms with Gasteiger partial charge in [0.05, 0.1) is 17.1 Å². The molecule has 1 heterocycles. The van der Waals surface area contributed by atoms with Gasteiger partial charge < -0.3 is 4.90 Å². The summed E-state index contributed by atoms with van der Waals surface area (Å²) >= 11 is 0. The van der Waals surface area contributed by atoms with Gasteiger partial charge in [0.25, 0.3) is 0 Å². The van der Waals surface area contributed by atoms with Gasteiger partial charge in [0.2, 0.25) is 5.91 Å². The zero-order chi connectivity index (χ0) is 19.7. The summed E-state index contributed by atoms with van der Waals surface area (Å²) in [6.45, 7) is 3.00. The predicted octanol–water partition coefficient (Wildman–Crippen LogP) is 3.75. The molecule has 1 aromatic heterocycles. The molecule has 5 heteroatoms. The molecule has 4 rings (SSSR count). The Bertz CT molecular complexity index is 1060. The van der Waals surface area contributed by atoms with Gasteiger partial charge in [-0.3, -0.25) is 13.9 Å². The predicted molar refractivity (Wildman–Crippen MR) is 111 cm³/mol. The lowest BCUT2D eigenvalue weighted by atomic mass is 9.87. The van der Waals surface area contributed by atoms with Crippen molar-refractivity contribution in [2.75, 3.05) is 7.05 Å². The van der Waals surface area contributed by atoms with E-state index in [1.807, 2.05) is 43.1 Å². The summed E-state index contributed by atoms with van der Waals surface area (Å²) in [5.41, 5.74) is 4.40. The summed E-state index contributed by atoms with van der Waals surface area (Å²) in [5.74, 6) is 0.0851. The quantitative estimate of drug-likeness (QED) is 0.680. The molecule has 0 N–H and O–H groups in total. The highest BCUT2D eigenvalue weighted by Gasteiger charge is 2.26. The lowest BCUT2D eigenvalue weighted by Crippen LogP contribution is -2.34. The Kier molecular flexibility index (Phi) is 5.07. The Morgan fingerprint density at radius 3 is 2.50 bits per heavy atom. The molecule has 0 saturated carbocycles. The minimum atomic E-state index is -0.0397. The number of amides is 1. The second kappa shape index (κ2) is 7.66. The number of imidazole rings is 1. The Morgan fingerprint density at radius 2 is 1.75 bits per heavy atom. The first-order chi connectivity index (χ1) is 13.6. The topological polar surface area (TPSA) is 47.2 Å². The first kappa shape index (κ1) is 18.5. The second-order valence-corrected chi connectivity index (χ2v) is 7.53. The number of rotatable bonds is 5. The average Bonchev–Trinajstić information content (AvgIpc) is 3.01. The fourth-order valence-corrected chi connectivity index (χ4v) is 4.48. The number of carbonyl (C=O) groups is 1. The summed E-state index contributed by atoms with van der Waals surface area (Å²) in [6.07, 6.45) is 3.50. The van der Waals surface area contributed by atoms with E-state index in [4.69, 9.17) is 0 Å². The van der Waals surface area contributed by atoms with Crippen molar-refractivity contribution in [1.82, 2.24) is 14.0 Å². The molecule has 1 aliphatic rings. The molecule has 0 saturated heterocycles. The van der Waals surface area contributed by atoms with E-state index in [-0.39, 0.29) is 17.6 Å². The summed E-state index contributed by atoms with van der Waals surface area (Å²) in [7, 11) is 1.90. The molecule has 0 spiro atoms. The summed E-state index contributed by atoms with van der Waals surface area (Å²) in [6, 6.07) is 16.3. The molecular formula is C23H27N3O2. The van der Waals surface area contributed by atoms with E-state index >= 15 is 0 Å². The number of aromatic nitrogens is 2. The first-order valence-electron chi connectivity index (χ1n) is 10.1. The third kappa shape index (κ3) is 3.15. The molecule has 28 heavy (non-hydrogen) atoms. The summed E-state index contributed by atoms with van der Waals surface area (Å²) in [4.78, 5) is 27.6. The maximum absolute atomic E-state index is 13.0. The Labute approximate surface area is 165 Å². The lowest BCUT2D eigenvalue weighted by molar-refractivity contribution is -0.132. The largest absolute Gasteiger partial charge is 0.339 e. The third-order valence-corrected chi connectivity index (χ3v) is 5.99. The van der Waals surface area contributed by atoms with Crippen molar-refractivity contribution in [2.24, 2.45) is 0 Å². The smallest absolute Gasteiger partial charge is 0.329 e. The second-order valence-electron chi connectivity index (χ2n) is 7.53. The van der Waals surface area contributed by atoms with Crippen molar-refractivity contribution in [2.45, 2.75) is 51.7 Å². The van der Waals surface area contributed by atoms with E-state index in [1.54, 1.807) is 9.13 Å². The Balaban J connectivity index is 1.54. The number of benzene rings is 2. The van der Waals surface area contributed by atoms with Crippen LogP contribution in [-0.4, -0.2) is 27.0 Å². The molecule has 1 atom stereocenters. The van der Waals surface area contributed by atoms with Crippen LogP contribution in [-0.2, 0) is 24.3 Å². The average molecular weight is 377 g/mol. The van der Waals surface area contributed by atoms with Gasteiger partial charge in [0, 0.05) is 26.6 Å². The number of carbonyl (C=O) groups excluding carboxylic acids is 1. The fourth-order valence-electron chi connectivity index (χ4n) is 4.48. The number of fused-ring (bicyclic) bond motifs is 2. The fraction of sp³-hybridized carbons (Fsp3) is 0.391. The molecule has 0 bridgehead atoms. The highest BCUT2D eigenvalue weighted by molar-refractivity contribution is 5.78. The number of nitrogens with zero attached hydrogens (tertiary/aromatic N) is 3. The molecular weight excluding hydrogens is 350 g/mol. The van der Waals surface area contributed by atoms with Crippen LogP contribution in [0.1, 0.15) is 43.4 Å². The molecule has 0 radical (unpaired) electrons. The molecule has 3 aromatic rings. The number of para-hydroxylation sites is 2. The third-order valence-electron chi connectivity index (χ3n) is 5.99. The van der Waals surface area contributed by atoms with E-state index in [1.165, 1.54) is 11.1 Å². The minimum Gasteiger partial charge on any atom is -0.339 e. The minimum absolute atomic E-state index is 0.0397. The molecule has 146 valence electrons. The van der Waals surface area contributed by atoms with Gasteiger partial charge in [-0.2, -0.15) is 0 Å². The van der Waals surface area contributed by atoms with Gasteiger partial charge in [0.15, 0.2) is 0 Å². The van der Waals surface area contributed by atoms with Crippen LogP contribution in [0.25, 0.3) is 11.0 Å². The highest BCUT2D eigenvalue weighted by Crippen LogP contribution is 2.33. The zero-order valence-electron chi connectivity index (χ0n) is 16.6. The Morgan fingerprint density at radius 1 is 1.07 bits per heavy atom. The normalized spacial score (nSPS) is 16.1. The van der Waals surface area contributed by atoms with Crippen LogP contribution in [0, 0.1) is 0 Å². The van der Waals surface area contributed by atoms with E-state index in [9.17, 15) is 9.59 Å². The van der Waals surface area contributed by atoms with Crippen LogP contribution < -0.4 is 5.69 Å². The van der Waals surface area contributed by atoms with E-state index < -0.39 is 0 Å². The van der Waals surface area contributed by atoms with Crippen LogP contribution in [0.5, 0.6) is 0 Å². The number of aryl methyl sites for hydroxylation is 3. The summed E-state index contributed by atoms with van der Waals surface area (Å²) in [5, 5.41) is 0. The van der Waals surface area contributed by atoms with Crippen molar-refractivity contribution >= 4 is 16.9 Å². The maximum atomic E-state index is 13.0. The zero-order valence-corrected chi connectivity index (χ0v) is 16.6. The molecule has 0 aliphatic heterocycles. The molecule has 2 aromatic carbocycles. The van der Waals surface area contributed by atoms with Crippen molar-refractivity contribution in [1.29, 1.82) is 0 Å². The molecule has 0 unspecified atom stereocenters. The van der Waals surface area contributed by atoms with Gasteiger partial charge >= 0.3 is 5.69 Å². The lowest BCUT2D eigenvalue weighted by Gasteiger charge is -2.33. The monoisotopic (exact) mass is 377 g/mol. The highest BCUT2D eigenvalue weighted by atomic mass is 16.2. The van der Waals surface area contributed by atoms with Crippen LogP contribution in [0.3, 0.4) is 0 Å². The van der Waals surface area contributed by atoms with E-state index in [0.717, 1.165) is 30.3 Å². The molecule has 5 nitrogen and oxygen atoms in total. The van der Waals surface area contributed by atoms with Crippen molar-refractivity contribution in [3.05, 3.63) is 70.1 Å². The van der Waals surface area contributed by atoms with Gasteiger partial charge in [0.1, 0.15) is 0 Å². The molecule has 0 fully saturated rings. The van der Waals surface area contributed by atoms with Gasteiger partial charge in [-0.05, 0) is 49.4 Å². The number of hydrogen-bond donors (Lipinski definition) is 0. The van der Waals surface area contributed by atoms with Crippen LogP contribution in [0.15, 0.2) is 53.3 Å². The maximum Gasteiger partial charge on any atom is 0.329 e. The molecule has 1 aliphatic carbocycles. The van der Waals surface area contributed by atoms with Crippen molar-refractivity contribution < 1.29 is 4.79 Å². The van der Waals surface area contributed by atoms with Crippen LogP contribution in [0.4, 0.5) is 0 Å². The van der Waals surface area contributed by atoms with Gasteiger partial charge in [-0.25, -0.2) is 4.79 Å². The van der Waals surface area contributed by atoms with Crippen molar-refractivity contribution in [3.8, 4) is 0 Å². The molecule has 1 amide bonds. The number of hydrogen-bond acceptors (Lipinski definition) is 2. The summed E-state index contributed by atoms with van der Waals surface area (Å²) < 4.78 is 3.50. The SMILES string of the molecule is CCn1c(=O)n(CCC(=O)N(C)[C@H]2CCCc3ccccc32)c2ccccc21. The van der Waals surface area contributed by atoms with E-state index in [2.05, 4.69) is 24.3 Å². The van der Waals surface area contributed by atoms with E-state index in [0.29, 0.717) is 19.5 Å². The van der Waals surface area contributed by atoms with Crippen LogP contribution in [0.2, 0.25) is 0 Å². The first-order valence-corrected chi connectivity index (χ1v) is 10.1. The van der Waals surface area contributed by atoms with Gasteiger partial charge in [-0.15, -0.1) is 0 Å². The van der Waals surface area contributed by atoms with Crippen LogP contribution >= 0.6 is 0 Å². The standard InChI is InChI=1S/C23H27N3O2/c1-3-25-20-12-6-7-13-21(20)26(23(25)28)16-15-22(27)24(2)19-14-8-10-17-9-4-5-11-18(17)19/h4-7,9,11-13,19H,3,8,10,14-16H2,1-2H3/t19-/m0/s1. The van der Waals surface area contributed by atoms with Crippen molar-refractivity contribution in [3.63, 3.8) is 0 Å². The Hall–Kier alpha value is -2.82. The van der Waals surface area contributed by atoms with Gasteiger partial charge in [-0.1, -0.05) is 36.4 Å².